The van der Waals surface area contributed by atoms with Crippen molar-refractivity contribution in [3.8, 4) is 5.75 Å². The van der Waals surface area contributed by atoms with E-state index in [0.717, 1.165) is 4.31 Å². The second-order valence-corrected chi connectivity index (χ2v) is 7.55. The summed E-state index contributed by atoms with van der Waals surface area (Å²) in [5.41, 5.74) is 0.561. The summed E-state index contributed by atoms with van der Waals surface area (Å²) < 4.78 is 29.7. The number of rotatable bonds is 6. The molecule has 0 aromatic heterocycles. The number of carbonyl (C=O) groups excluding carboxylic acids is 2. The highest BCUT2D eigenvalue weighted by molar-refractivity contribution is 7.89. The Bertz CT molecular complexity index is 702. The van der Waals surface area contributed by atoms with Gasteiger partial charge in [0.2, 0.25) is 15.9 Å². The number of nitrogens with zero attached hydrogens (tertiary/aromatic N) is 1. The van der Waals surface area contributed by atoms with Gasteiger partial charge in [-0.3, -0.25) is 9.59 Å². The van der Waals surface area contributed by atoms with E-state index in [4.69, 9.17) is 4.74 Å². The van der Waals surface area contributed by atoms with E-state index in [1.54, 1.807) is 24.3 Å². The fraction of sp³-hybridized carbons (Fsp3) is 0.429. The first-order valence-corrected chi connectivity index (χ1v) is 8.64. The number of para-hydroxylation sites is 2. The summed E-state index contributed by atoms with van der Waals surface area (Å²) in [6, 6.07) is 6.93. The Morgan fingerprint density at radius 1 is 1.35 bits per heavy atom. The standard InChI is InChI=1S/C14H19N3O5S/c1-17(2)23(20,21)8-7-15-13(18)9-12-14(19)16-10-5-3-4-6-11(10)22-12/h3-6,12H,7-9H2,1-2H3,(H,15,18)(H,16,19)/t12-/m0/s1. The van der Waals surface area contributed by atoms with Crippen molar-refractivity contribution < 1.29 is 22.7 Å². The van der Waals surface area contributed by atoms with E-state index < -0.39 is 27.9 Å². The van der Waals surface area contributed by atoms with Crippen molar-refractivity contribution >= 4 is 27.5 Å². The van der Waals surface area contributed by atoms with Crippen LogP contribution in [0.2, 0.25) is 0 Å². The third-order valence-electron chi connectivity index (χ3n) is 3.32. The quantitative estimate of drug-likeness (QED) is 0.744. The van der Waals surface area contributed by atoms with Gasteiger partial charge in [-0.1, -0.05) is 12.1 Å². The van der Waals surface area contributed by atoms with Gasteiger partial charge in [0.05, 0.1) is 17.9 Å². The number of hydrogen-bond donors (Lipinski definition) is 2. The number of benzene rings is 1. The second kappa shape index (κ2) is 6.97. The predicted molar refractivity (Wildman–Crippen MR) is 84.6 cm³/mol. The summed E-state index contributed by atoms with van der Waals surface area (Å²) >= 11 is 0. The lowest BCUT2D eigenvalue weighted by atomic mass is 10.1. The second-order valence-electron chi connectivity index (χ2n) is 5.24. The minimum absolute atomic E-state index is 0.0235. The summed E-state index contributed by atoms with van der Waals surface area (Å²) in [5.74, 6) is -0.551. The minimum atomic E-state index is -3.37. The van der Waals surface area contributed by atoms with Crippen LogP contribution in [0.25, 0.3) is 0 Å². The smallest absolute Gasteiger partial charge is 0.266 e. The highest BCUT2D eigenvalue weighted by atomic mass is 32.2. The van der Waals surface area contributed by atoms with Crippen LogP contribution in [0.15, 0.2) is 24.3 Å². The molecule has 8 nitrogen and oxygen atoms in total. The van der Waals surface area contributed by atoms with Crippen LogP contribution in [0.5, 0.6) is 5.75 Å². The molecule has 1 aliphatic rings. The molecule has 1 aromatic rings. The van der Waals surface area contributed by atoms with E-state index in [9.17, 15) is 18.0 Å². The molecule has 0 spiro atoms. The molecule has 9 heteroatoms. The molecule has 0 fully saturated rings. The van der Waals surface area contributed by atoms with E-state index in [2.05, 4.69) is 10.6 Å². The Morgan fingerprint density at radius 2 is 2.04 bits per heavy atom. The van der Waals surface area contributed by atoms with Crippen LogP contribution in [0.3, 0.4) is 0 Å². The Balaban J connectivity index is 1.85. The highest BCUT2D eigenvalue weighted by Crippen LogP contribution is 2.29. The number of amides is 2. The molecule has 0 bridgehead atoms. The molecule has 23 heavy (non-hydrogen) atoms. The average Bonchev–Trinajstić information content (AvgIpc) is 2.47. The number of hydrogen-bond acceptors (Lipinski definition) is 5. The molecule has 2 N–H and O–H groups in total. The molecule has 1 aliphatic heterocycles. The van der Waals surface area contributed by atoms with Crippen LogP contribution >= 0.6 is 0 Å². The molecule has 1 aromatic carbocycles. The van der Waals surface area contributed by atoms with E-state index in [0.29, 0.717) is 11.4 Å². The van der Waals surface area contributed by atoms with E-state index in [-0.39, 0.29) is 18.7 Å². The maximum Gasteiger partial charge on any atom is 0.266 e. The van der Waals surface area contributed by atoms with E-state index in [1.807, 2.05) is 0 Å². The first-order chi connectivity index (χ1) is 10.8. The average molecular weight is 341 g/mol. The zero-order valence-corrected chi connectivity index (χ0v) is 13.7. The lowest BCUT2D eigenvalue weighted by Gasteiger charge is -2.25. The lowest BCUT2D eigenvalue weighted by Crippen LogP contribution is -2.42. The zero-order chi connectivity index (χ0) is 17.0. The van der Waals surface area contributed by atoms with Crippen molar-refractivity contribution in [3.63, 3.8) is 0 Å². The Kier molecular flexibility index (Phi) is 5.22. The normalized spacial score (nSPS) is 17.2. The molecule has 0 saturated heterocycles. The van der Waals surface area contributed by atoms with Crippen molar-refractivity contribution in [3.05, 3.63) is 24.3 Å². The number of nitrogens with one attached hydrogen (secondary N) is 2. The maximum atomic E-state index is 11.9. The van der Waals surface area contributed by atoms with Crippen LogP contribution in [0, 0.1) is 0 Å². The molecule has 2 rings (SSSR count). The van der Waals surface area contributed by atoms with Gasteiger partial charge in [0.15, 0.2) is 6.10 Å². The number of ether oxygens (including phenoxy) is 1. The molecular formula is C14H19N3O5S. The summed E-state index contributed by atoms with van der Waals surface area (Å²) in [4.78, 5) is 23.7. The number of anilines is 1. The first-order valence-electron chi connectivity index (χ1n) is 7.03. The Labute approximate surface area is 134 Å². The van der Waals surface area contributed by atoms with E-state index in [1.165, 1.54) is 14.1 Å². The summed E-state index contributed by atoms with van der Waals surface area (Å²) in [6.45, 7) is -0.0235. The molecule has 0 saturated carbocycles. The molecule has 0 aliphatic carbocycles. The number of fused-ring (bicyclic) bond motifs is 1. The van der Waals surface area contributed by atoms with Crippen LogP contribution in [-0.4, -0.2) is 57.0 Å². The third kappa shape index (κ3) is 4.42. The third-order valence-corrected chi connectivity index (χ3v) is 5.15. The van der Waals surface area contributed by atoms with Gasteiger partial charge in [-0.25, -0.2) is 12.7 Å². The van der Waals surface area contributed by atoms with Crippen LogP contribution in [0.4, 0.5) is 5.69 Å². The van der Waals surface area contributed by atoms with Gasteiger partial charge in [-0.05, 0) is 12.1 Å². The van der Waals surface area contributed by atoms with Gasteiger partial charge in [0.1, 0.15) is 5.75 Å². The predicted octanol–water partition coefficient (Wildman–Crippen LogP) is -0.216. The molecule has 1 heterocycles. The lowest BCUT2D eigenvalue weighted by molar-refractivity contribution is -0.130. The van der Waals surface area contributed by atoms with Crippen molar-refractivity contribution in [1.82, 2.24) is 9.62 Å². The molecule has 0 unspecified atom stereocenters. The SMILES string of the molecule is CN(C)S(=O)(=O)CCNC(=O)C[C@@H]1Oc2ccccc2NC1=O. The van der Waals surface area contributed by atoms with Crippen molar-refractivity contribution in [2.45, 2.75) is 12.5 Å². The number of sulfonamides is 1. The monoisotopic (exact) mass is 341 g/mol. The summed E-state index contributed by atoms with van der Waals surface area (Å²) in [6.07, 6.45) is -1.11. The number of carbonyl (C=O) groups is 2. The van der Waals surface area contributed by atoms with Crippen molar-refractivity contribution in [1.29, 1.82) is 0 Å². The molecular weight excluding hydrogens is 322 g/mol. The fourth-order valence-electron chi connectivity index (χ4n) is 1.97. The van der Waals surface area contributed by atoms with Crippen LogP contribution < -0.4 is 15.4 Å². The summed E-state index contributed by atoms with van der Waals surface area (Å²) in [5, 5.41) is 5.14. The minimum Gasteiger partial charge on any atom is -0.478 e. The maximum absolute atomic E-state index is 11.9. The van der Waals surface area contributed by atoms with Crippen molar-refractivity contribution in [2.75, 3.05) is 31.7 Å². The van der Waals surface area contributed by atoms with Gasteiger partial charge in [-0.15, -0.1) is 0 Å². The van der Waals surface area contributed by atoms with Crippen LogP contribution in [-0.2, 0) is 19.6 Å². The van der Waals surface area contributed by atoms with Crippen molar-refractivity contribution in [2.24, 2.45) is 0 Å². The van der Waals surface area contributed by atoms with Gasteiger partial charge in [-0.2, -0.15) is 0 Å². The first kappa shape index (κ1) is 17.2. The van der Waals surface area contributed by atoms with Gasteiger partial charge in [0.25, 0.3) is 5.91 Å². The Hall–Kier alpha value is -2.13. The zero-order valence-electron chi connectivity index (χ0n) is 12.9. The van der Waals surface area contributed by atoms with Gasteiger partial charge in [0, 0.05) is 20.6 Å². The molecule has 2 amide bonds. The topological polar surface area (TPSA) is 105 Å². The highest BCUT2D eigenvalue weighted by Gasteiger charge is 2.29. The molecule has 0 radical (unpaired) electrons. The molecule has 1 atom stereocenters. The van der Waals surface area contributed by atoms with Gasteiger partial charge >= 0.3 is 0 Å². The van der Waals surface area contributed by atoms with E-state index >= 15 is 0 Å². The summed E-state index contributed by atoms with van der Waals surface area (Å²) in [7, 11) is -0.519. The molecule has 126 valence electrons. The largest absolute Gasteiger partial charge is 0.478 e. The van der Waals surface area contributed by atoms with Gasteiger partial charge < -0.3 is 15.4 Å². The fourth-order valence-corrected chi connectivity index (χ4v) is 2.69. The Morgan fingerprint density at radius 3 is 2.74 bits per heavy atom. The van der Waals surface area contributed by atoms with Crippen LogP contribution in [0.1, 0.15) is 6.42 Å².